The molecule has 2 rings (SSSR count). The summed E-state index contributed by atoms with van der Waals surface area (Å²) in [4.78, 5) is 10.6. The van der Waals surface area contributed by atoms with Crippen LogP contribution in [0.2, 0.25) is 0 Å². The van der Waals surface area contributed by atoms with E-state index in [1.165, 1.54) is 6.20 Å². The van der Waals surface area contributed by atoms with Gasteiger partial charge in [0.15, 0.2) is 5.69 Å². The number of carbonyl (C=O) groups is 1. The number of carboxylic acids is 1. The van der Waals surface area contributed by atoms with Crippen molar-refractivity contribution in [3.05, 3.63) is 11.9 Å². The van der Waals surface area contributed by atoms with E-state index in [2.05, 4.69) is 10.3 Å². The number of aromatic nitrogens is 3. The van der Waals surface area contributed by atoms with Crippen molar-refractivity contribution in [2.45, 2.75) is 31.3 Å². The van der Waals surface area contributed by atoms with Crippen LogP contribution >= 0.6 is 0 Å². The number of nitrogens with zero attached hydrogens (tertiary/aromatic N) is 3. The lowest BCUT2D eigenvalue weighted by atomic mass is 10.2. The Bertz CT molecular complexity index is 349. The topological polar surface area (TPSA) is 94.0 Å². The number of rotatable bonds is 2. The molecule has 6 nitrogen and oxygen atoms in total. The van der Waals surface area contributed by atoms with Crippen LogP contribution in [0.4, 0.5) is 0 Å². The van der Waals surface area contributed by atoms with Gasteiger partial charge in [-0.1, -0.05) is 5.21 Å². The van der Waals surface area contributed by atoms with Gasteiger partial charge in [0.25, 0.3) is 0 Å². The molecule has 0 radical (unpaired) electrons. The molecule has 0 unspecified atom stereocenters. The standard InChI is InChI=1S/C8H12N4O2/c9-5-2-1-3-7(5)12-4-6(8(13)14)10-11-12/h4-5,7H,1-3,9H2,(H,13,14)/t5-,7+/m1/s1. The van der Waals surface area contributed by atoms with E-state index in [1.54, 1.807) is 4.68 Å². The molecule has 1 saturated carbocycles. The molecule has 1 aromatic heterocycles. The number of aromatic carboxylic acids is 1. The molecule has 6 heteroatoms. The lowest BCUT2D eigenvalue weighted by Crippen LogP contribution is -2.27. The average Bonchev–Trinajstić information content (AvgIpc) is 2.71. The summed E-state index contributed by atoms with van der Waals surface area (Å²) in [6.45, 7) is 0. The van der Waals surface area contributed by atoms with Crippen LogP contribution in [0.25, 0.3) is 0 Å². The first-order valence-corrected chi connectivity index (χ1v) is 4.59. The van der Waals surface area contributed by atoms with E-state index in [-0.39, 0.29) is 17.8 Å². The second-order valence-corrected chi connectivity index (χ2v) is 3.55. The molecule has 3 N–H and O–H groups in total. The number of hydrogen-bond donors (Lipinski definition) is 2. The monoisotopic (exact) mass is 196 g/mol. The third-order valence-electron chi connectivity index (χ3n) is 2.60. The second-order valence-electron chi connectivity index (χ2n) is 3.55. The fourth-order valence-corrected chi connectivity index (χ4v) is 1.83. The van der Waals surface area contributed by atoms with E-state index in [0.717, 1.165) is 19.3 Å². The summed E-state index contributed by atoms with van der Waals surface area (Å²) in [6, 6.07) is 0.175. The molecule has 0 bridgehead atoms. The Morgan fingerprint density at radius 2 is 2.43 bits per heavy atom. The van der Waals surface area contributed by atoms with E-state index < -0.39 is 5.97 Å². The molecule has 0 aliphatic heterocycles. The molecule has 0 saturated heterocycles. The predicted molar refractivity (Wildman–Crippen MR) is 47.8 cm³/mol. The highest BCUT2D eigenvalue weighted by Crippen LogP contribution is 2.27. The van der Waals surface area contributed by atoms with Crippen molar-refractivity contribution >= 4 is 5.97 Å². The van der Waals surface area contributed by atoms with Crippen LogP contribution in [0.3, 0.4) is 0 Å². The van der Waals surface area contributed by atoms with Gasteiger partial charge in [0.1, 0.15) is 0 Å². The van der Waals surface area contributed by atoms with Crippen LogP contribution in [0.5, 0.6) is 0 Å². The molecule has 0 aromatic carbocycles. The first-order valence-electron chi connectivity index (χ1n) is 4.59. The Balaban J connectivity index is 2.20. The summed E-state index contributed by atoms with van der Waals surface area (Å²) in [6.07, 6.45) is 4.42. The van der Waals surface area contributed by atoms with Gasteiger partial charge in [0.05, 0.1) is 12.2 Å². The van der Waals surface area contributed by atoms with E-state index in [1.807, 2.05) is 0 Å². The molecule has 76 valence electrons. The maximum atomic E-state index is 10.6. The summed E-state index contributed by atoms with van der Waals surface area (Å²) in [5, 5.41) is 16.0. The third-order valence-corrected chi connectivity index (χ3v) is 2.60. The van der Waals surface area contributed by atoms with Gasteiger partial charge in [-0.2, -0.15) is 0 Å². The molecule has 14 heavy (non-hydrogen) atoms. The van der Waals surface area contributed by atoms with Gasteiger partial charge < -0.3 is 10.8 Å². The summed E-state index contributed by atoms with van der Waals surface area (Å²) in [5.74, 6) is -1.05. The zero-order valence-corrected chi connectivity index (χ0v) is 7.63. The zero-order valence-electron chi connectivity index (χ0n) is 7.63. The lowest BCUT2D eigenvalue weighted by molar-refractivity contribution is 0.0690. The highest BCUT2D eigenvalue weighted by atomic mass is 16.4. The molecule has 1 aliphatic carbocycles. The van der Waals surface area contributed by atoms with Crippen LogP contribution in [-0.4, -0.2) is 32.1 Å². The molecule has 0 amide bonds. The second kappa shape index (κ2) is 3.38. The van der Waals surface area contributed by atoms with Crippen molar-refractivity contribution < 1.29 is 9.90 Å². The van der Waals surface area contributed by atoms with Crippen LogP contribution in [-0.2, 0) is 0 Å². The highest BCUT2D eigenvalue weighted by molar-refractivity contribution is 5.84. The van der Waals surface area contributed by atoms with Gasteiger partial charge in [0, 0.05) is 6.04 Å². The third kappa shape index (κ3) is 1.48. The quantitative estimate of drug-likeness (QED) is 0.695. The normalized spacial score (nSPS) is 26.6. The van der Waals surface area contributed by atoms with Gasteiger partial charge in [-0.15, -0.1) is 5.10 Å². The number of hydrogen-bond acceptors (Lipinski definition) is 4. The zero-order chi connectivity index (χ0) is 10.1. The highest BCUT2D eigenvalue weighted by Gasteiger charge is 2.27. The van der Waals surface area contributed by atoms with Gasteiger partial charge in [-0.3, -0.25) is 0 Å². The van der Waals surface area contributed by atoms with Crippen molar-refractivity contribution in [2.75, 3.05) is 0 Å². The molecular weight excluding hydrogens is 184 g/mol. The Morgan fingerprint density at radius 3 is 2.93 bits per heavy atom. The first kappa shape index (κ1) is 9.14. The number of carboxylic acid groups (broad SMARTS) is 1. The van der Waals surface area contributed by atoms with Crippen molar-refractivity contribution in [1.29, 1.82) is 0 Å². The minimum absolute atomic E-state index is 0.0240. The molecule has 1 aliphatic rings. The molecule has 2 atom stereocenters. The fourth-order valence-electron chi connectivity index (χ4n) is 1.83. The minimum Gasteiger partial charge on any atom is -0.476 e. The van der Waals surface area contributed by atoms with Crippen molar-refractivity contribution in [1.82, 2.24) is 15.0 Å². The minimum atomic E-state index is -1.05. The van der Waals surface area contributed by atoms with E-state index in [0.29, 0.717) is 0 Å². The predicted octanol–water partition coefficient (Wildman–Crippen LogP) is 0.0286. The van der Waals surface area contributed by atoms with E-state index in [4.69, 9.17) is 10.8 Å². The smallest absolute Gasteiger partial charge is 0.358 e. The summed E-state index contributed by atoms with van der Waals surface area (Å²) >= 11 is 0. The maximum absolute atomic E-state index is 10.6. The molecule has 0 spiro atoms. The average molecular weight is 196 g/mol. The van der Waals surface area contributed by atoms with Crippen molar-refractivity contribution in [3.8, 4) is 0 Å². The molecule has 1 aromatic rings. The summed E-state index contributed by atoms with van der Waals surface area (Å²) < 4.78 is 1.57. The SMILES string of the molecule is N[C@@H]1CCC[C@@H]1n1cc(C(=O)O)nn1. The van der Waals surface area contributed by atoms with Crippen LogP contribution < -0.4 is 5.73 Å². The van der Waals surface area contributed by atoms with Gasteiger partial charge in [0.2, 0.25) is 0 Å². The van der Waals surface area contributed by atoms with Crippen molar-refractivity contribution in [2.24, 2.45) is 5.73 Å². The number of nitrogens with two attached hydrogens (primary N) is 1. The molecule has 1 heterocycles. The van der Waals surface area contributed by atoms with Gasteiger partial charge >= 0.3 is 5.97 Å². The fraction of sp³-hybridized carbons (Fsp3) is 0.625. The summed E-state index contributed by atoms with van der Waals surface area (Å²) in [7, 11) is 0. The lowest BCUT2D eigenvalue weighted by Gasteiger charge is -2.14. The summed E-state index contributed by atoms with van der Waals surface area (Å²) in [5.41, 5.74) is 5.84. The Hall–Kier alpha value is -1.43. The Labute approximate surface area is 80.7 Å². The van der Waals surface area contributed by atoms with Crippen LogP contribution in [0, 0.1) is 0 Å². The van der Waals surface area contributed by atoms with E-state index in [9.17, 15) is 4.79 Å². The maximum Gasteiger partial charge on any atom is 0.358 e. The van der Waals surface area contributed by atoms with Gasteiger partial charge in [-0.25, -0.2) is 9.48 Å². The Kier molecular flexibility index (Phi) is 2.20. The first-order chi connectivity index (χ1) is 6.68. The van der Waals surface area contributed by atoms with Gasteiger partial charge in [-0.05, 0) is 19.3 Å². The van der Waals surface area contributed by atoms with Crippen LogP contribution in [0.15, 0.2) is 6.20 Å². The van der Waals surface area contributed by atoms with E-state index >= 15 is 0 Å². The Morgan fingerprint density at radius 1 is 1.64 bits per heavy atom. The van der Waals surface area contributed by atoms with Crippen LogP contribution in [0.1, 0.15) is 35.8 Å². The molecular formula is C8H12N4O2. The largest absolute Gasteiger partial charge is 0.476 e. The van der Waals surface area contributed by atoms with Crippen molar-refractivity contribution in [3.63, 3.8) is 0 Å². The molecule has 1 fully saturated rings.